The third-order valence-electron chi connectivity index (χ3n) is 2.54. The van der Waals surface area contributed by atoms with Gasteiger partial charge in [-0.3, -0.25) is 0 Å². The maximum Gasteiger partial charge on any atom is 0.0625 e. The fourth-order valence-electron chi connectivity index (χ4n) is 1.60. The molecule has 2 aromatic rings. The highest BCUT2D eigenvalue weighted by Gasteiger charge is 2.10. The van der Waals surface area contributed by atoms with Gasteiger partial charge in [0, 0.05) is 4.47 Å². The van der Waals surface area contributed by atoms with Crippen molar-refractivity contribution in [2.75, 3.05) is 0 Å². The smallest absolute Gasteiger partial charge is 0.0625 e. The summed E-state index contributed by atoms with van der Waals surface area (Å²) >= 11 is 11.6. The van der Waals surface area contributed by atoms with E-state index in [9.17, 15) is 0 Å². The zero-order valence-corrected chi connectivity index (χ0v) is 12.1. The van der Waals surface area contributed by atoms with Crippen molar-refractivity contribution in [3.63, 3.8) is 0 Å². The van der Waals surface area contributed by atoms with E-state index >= 15 is 0 Å². The molecule has 1 unspecified atom stereocenters. The number of alkyl halides is 1. The number of hydrogen-bond donors (Lipinski definition) is 0. The summed E-state index contributed by atoms with van der Waals surface area (Å²) < 4.78 is 1.13. The van der Waals surface area contributed by atoms with Gasteiger partial charge in [-0.2, -0.15) is 11.3 Å². The molecule has 1 heterocycles. The van der Waals surface area contributed by atoms with E-state index in [0.717, 1.165) is 10.9 Å². The van der Waals surface area contributed by atoms with Crippen LogP contribution < -0.4 is 0 Å². The molecular formula is C13H12BrClS. The Balaban J connectivity index is 2.14. The Morgan fingerprint density at radius 3 is 2.81 bits per heavy atom. The van der Waals surface area contributed by atoms with Gasteiger partial charge in [-0.1, -0.05) is 28.1 Å². The van der Waals surface area contributed by atoms with E-state index in [1.807, 2.05) is 0 Å². The van der Waals surface area contributed by atoms with E-state index in [4.69, 9.17) is 11.6 Å². The van der Waals surface area contributed by atoms with Gasteiger partial charge < -0.3 is 0 Å². The third kappa shape index (κ3) is 2.88. The molecule has 1 aromatic heterocycles. The molecule has 84 valence electrons. The number of rotatable bonds is 3. The van der Waals surface area contributed by atoms with E-state index in [-0.39, 0.29) is 5.38 Å². The molecule has 0 aliphatic heterocycles. The first-order valence-electron chi connectivity index (χ1n) is 5.08. The lowest BCUT2D eigenvalue weighted by Crippen LogP contribution is -1.95. The molecule has 0 bridgehead atoms. The first-order chi connectivity index (χ1) is 7.66. The predicted molar refractivity (Wildman–Crippen MR) is 75.5 cm³/mol. The van der Waals surface area contributed by atoms with Crippen LogP contribution in [-0.4, -0.2) is 0 Å². The van der Waals surface area contributed by atoms with Crippen LogP contribution in [0, 0.1) is 6.92 Å². The molecule has 0 nitrogen and oxygen atoms in total. The van der Waals surface area contributed by atoms with Gasteiger partial charge in [0.25, 0.3) is 0 Å². The van der Waals surface area contributed by atoms with Crippen molar-refractivity contribution in [3.8, 4) is 0 Å². The summed E-state index contributed by atoms with van der Waals surface area (Å²) in [5.74, 6) is 0. The number of aryl methyl sites for hydroxylation is 1. The van der Waals surface area contributed by atoms with Gasteiger partial charge in [0.1, 0.15) is 0 Å². The van der Waals surface area contributed by atoms with Crippen molar-refractivity contribution in [1.82, 2.24) is 0 Å². The zero-order chi connectivity index (χ0) is 11.5. The Hall–Kier alpha value is -0.310. The van der Waals surface area contributed by atoms with Gasteiger partial charge in [-0.15, -0.1) is 11.6 Å². The summed E-state index contributed by atoms with van der Waals surface area (Å²) in [6.07, 6.45) is 0.895. The largest absolute Gasteiger partial charge is 0.152 e. The summed E-state index contributed by atoms with van der Waals surface area (Å²) in [4.78, 5) is 0. The van der Waals surface area contributed by atoms with Gasteiger partial charge in [0.05, 0.1) is 5.38 Å². The van der Waals surface area contributed by atoms with Crippen LogP contribution in [0.2, 0.25) is 0 Å². The second kappa shape index (κ2) is 5.35. The molecule has 0 aliphatic carbocycles. The van der Waals surface area contributed by atoms with E-state index in [1.54, 1.807) is 11.3 Å². The minimum absolute atomic E-state index is 0.0569. The fourth-order valence-corrected chi connectivity index (χ4v) is 2.84. The topological polar surface area (TPSA) is 0 Å². The van der Waals surface area contributed by atoms with Crippen LogP contribution in [-0.2, 0) is 6.42 Å². The summed E-state index contributed by atoms with van der Waals surface area (Å²) in [5, 5.41) is 4.30. The SMILES string of the molecule is Cc1cc(C(Cl)Cc2ccsc2)ccc1Br. The Labute approximate surface area is 113 Å². The molecule has 3 heteroatoms. The number of benzene rings is 1. The van der Waals surface area contributed by atoms with Crippen molar-refractivity contribution in [1.29, 1.82) is 0 Å². The average Bonchev–Trinajstić information content (AvgIpc) is 2.74. The van der Waals surface area contributed by atoms with Crippen molar-refractivity contribution in [2.24, 2.45) is 0 Å². The van der Waals surface area contributed by atoms with Gasteiger partial charge in [-0.25, -0.2) is 0 Å². The Morgan fingerprint density at radius 2 is 2.19 bits per heavy atom. The predicted octanol–water partition coefficient (Wildman–Crippen LogP) is 5.34. The Morgan fingerprint density at radius 1 is 1.38 bits per heavy atom. The molecule has 1 atom stereocenters. The highest BCUT2D eigenvalue weighted by Crippen LogP contribution is 2.28. The van der Waals surface area contributed by atoms with Crippen LogP contribution >= 0.6 is 38.9 Å². The lowest BCUT2D eigenvalue weighted by molar-refractivity contribution is 0.922. The third-order valence-corrected chi connectivity index (χ3v) is 4.57. The molecule has 2 rings (SSSR count). The monoisotopic (exact) mass is 314 g/mol. The highest BCUT2D eigenvalue weighted by atomic mass is 79.9. The first-order valence-corrected chi connectivity index (χ1v) is 7.25. The van der Waals surface area contributed by atoms with E-state index in [0.29, 0.717) is 0 Å². The molecule has 0 aliphatic rings. The summed E-state index contributed by atoms with van der Waals surface area (Å²) in [6, 6.07) is 8.43. The van der Waals surface area contributed by atoms with Crippen LogP contribution in [0.3, 0.4) is 0 Å². The number of thiophene rings is 1. The molecule has 0 saturated heterocycles. The quantitative estimate of drug-likeness (QED) is 0.670. The lowest BCUT2D eigenvalue weighted by Gasteiger charge is -2.10. The standard InChI is InChI=1S/C13H12BrClS/c1-9-6-11(2-3-12(9)14)13(15)7-10-4-5-16-8-10/h2-6,8,13H,7H2,1H3. The minimum atomic E-state index is 0.0569. The molecule has 0 spiro atoms. The highest BCUT2D eigenvalue weighted by molar-refractivity contribution is 9.10. The molecule has 16 heavy (non-hydrogen) atoms. The maximum absolute atomic E-state index is 6.41. The van der Waals surface area contributed by atoms with Crippen LogP contribution in [0.25, 0.3) is 0 Å². The van der Waals surface area contributed by atoms with Crippen LogP contribution in [0.15, 0.2) is 39.5 Å². The zero-order valence-electron chi connectivity index (χ0n) is 8.91. The van der Waals surface area contributed by atoms with Crippen LogP contribution in [0.1, 0.15) is 22.1 Å². The van der Waals surface area contributed by atoms with Crippen LogP contribution in [0.4, 0.5) is 0 Å². The second-order valence-corrected chi connectivity index (χ2v) is 5.97. The lowest BCUT2D eigenvalue weighted by atomic mass is 10.0. The molecule has 0 fully saturated rings. The van der Waals surface area contributed by atoms with E-state index < -0.39 is 0 Å². The molecule has 0 saturated carbocycles. The van der Waals surface area contributed by atoms with Gasteiger partial charge in [-0.05, 0) is 52.9 Å². The van der Waals surface area contributed by atoms with E-state index in [2.05, 4.69) is 57.9 Å². The molecule has 0 amide bonds. The summed E-state index contributed by atoms with van der Waals surface area (Å²) in [7, 11) is 0. The molecule has 1 aromatic carbocycles. The molecule has 0 N–H and O–H groups in total. The molecule has 0 radical (unpaired) electrons. The minimum Gasteiger partial charge on any atom is -0.152 e. The van der Waals surface area contributed by atoms with Crippen molar-refractivity contribution in [2.45, 2.75) is 18.7 Å². The summed E-state index contributed by atoms with van der Waals surface area (Å²) in [6.45, 7) is 2.09. The van der Waals surface area contributed by atoms with Crippen molar-refractivity contribution >= 4 is 38.9 Å². The maximum atomic E-state index is 6.41. The second-order valence-electron chi connectivity index (χ2n) is 3.81. The van der Waals surface area contributed by atoms with Crippen molar-refractivity contribution < 1.29 is 0 Å². The average molecular weight is 316 g/mol. The van der Waals surface area contributed by atoms with Gasteiger partial charge in [0.2, 0.25) is 0 Å². The Kier molecular flexibility index (Phi) is 4.06. The number of halogens is 2. The van der Waals surface area contributed by atoms with Gasteiger partial charge in [0.15, 0.2) is 0 Å². The van der Waals surface area contributed by atoms with E-state index in [1.165, 1.54) is 16.7 Å². The summed E-state index contributed by atoms with van der Waals surface area (Å²) in [5.41, 5.74) is 3.73. The van der Waals surface area contributed by atoms with Crippen molar-refractivity contribution in [3.05, 3.63) is 56.2 Å². The number of hydrogen-bond acceptors (Lipinski definition) is 1. The first kappa shape index (κ1) is 12.2. The normalized spacial score (nSPS) is 12.7. The Bertz CT molecular complexity index is 465. The fraction of sp³-hybridized carbons (Fsp3) is 0.231. The molecular weight excluding hydrogens is 304 g/mol. The van der Waals surface area contributed by atoms with Crippen LogP contribution in [0.5, 0.6) is 0 Å². The van der Waals surface area contributed by atoms with Gasteiger partial charge >= 0.3 is 0 Å².